The average molecular weight is 375 g/mol. The van der Waals surface area contributed by atoms with E-state index in [1.54, 1.807) is 0 Å². The second-order valence-corrected chi connectivity index (χ2v) is 5.48. The predicted molar refractivity (Wildman–Crippen MR) is 93.3 cm³/mol. The molecule has 150 valence electrons. The number of likely N-dealkylation sites (N-methyl/N-ethyl adjacent to an activating group) is 1. The van der Waals surface area contributed by atoms with Crippen LogP contribution >= 0.6 is 0 Å². The van der Waals surface area contributed by atoms with Gasteiger partial charge in [-0.15, -0.1) is 0 Å². The Kier molecular flexibility index (Phi) is 11.0. The first-order valence-electron chi connectivity index (χ1n) is 7.97. The van der Waals surface area contributed by atoms with Crippen molar-refractivity contribution in [2.75, 3.05) is 13.6 Å². The van der Waals surface area contributed by atoms with Gasteiger partial charge in [0.2, 0.25) is 11.8 Å². The molecule has 0 aliphatic heterocycles. The molecule has 0 aliphatic rings. The van der Waals surface area contributed by atoms with Crippen LogP contribution in [-0.4, -0.2) is 61.5 Å². The number of nitrogens with two attached hydrogens (primary N) is 3. The van der Waals surface area contributed by atoms with Crippen molar-refractivity contribution in [2.45, 2.75) is 44.6 Å². The molecule has 26 heavy (non-hydrogen) atoms. The summed E-state index contributed by atoms with van der Waals surface area (Å²) in [4.78, 5) is 47.2. The maximum atomic E-state index is 12.2. The topological polar surface area (TPSA) is 219 Å². The Bertz CT molecular complexity index is 502. The summed E-state index contributed by atoms with van der Waals surface area (Å²) in [6.45, 7) is 3.12. The normalized spacial score (nSPS) is 15.2. The lowest BCUT2D eigenvalue weighted by Gasteiger charge is -2.22. The molecule has 0 unspecified atom stereocenters. The Hall–Kier alpha value is -2.32. The van der Waals surface area contributed by atoms with Crippen molar-refractivity contribution in [3.05, 3.63) is 0 Å². The summed E-state index contributed by atoms with van der Waals surface area (Å²) in [7, 11) is 1.42. The number of nitrogens with one attached hydrogen (secondary N) is 6. The molecule has 0 aliphatic carbocycles. The van der Waals surface area contributed by atoms with Gasteiger partial charge in [0.1, 0.15) is 12.1 Å². The van der Waals surface area contributed by atoms with Crippen molar-refractivity contribution in [2.24, 2.45) is 17.3 Å². The van der Waals surface area contributed by atoms with Gasteiger partial charge in [0.05, 0.1) is 6.04 Å². The lowest BCUT2D eigenvalue weighted by atomic mass is 10.2. The van der Waals surface area contributed by atoms with Gasteiger partial charge in [0.15, 0.2) is 6.17 Å². The minimum Gasteiger partial charge on any atom is -0.357 e. The van der Waals surface area contributed by atoms with Crippen molar-refractivity contribution in [1.29, 1.82) is 0 Å². The van der Waals surface area contributed by atoms with Gasteiger partial charge < -0.3 is 27.4 Å². The van der Waals surface area contributed by atoms with Gasteiger partial charge >= 0.3 is 0 Å². The van der Waals surface area contributed by atoms with E-state index in [-0.39, 0.29) is 13.0 Å². The monoisotopic (exact) mass is 375 g/mol. The number of amides is 4. The highest BCUT2D eigenvalue weighted by Crippen LogP contribution is 1.92. The largest absolute Gasteiger partial charge is 0.357 e. The highest BCUT2D eigenvalue weighted by atomic mass is 16.2. The SMILES string of the molecule is CNC(=O)[C@H](C)NC(=O)[C@@H](N)NC(=O)[C@H](CCN)NNC(=O)[C@H](C)NN. The third kappa shape index (κ3) is 8.17. The molecule has 0 saturated carbocycles. The van der Waals surface area contributed by atoms with Crippen molar-refractivity contribution in [3.8, 4) is 0 Å². The van der Waals surface area contributed by atoms with Gasteiger partial charge in [0, 0.05) is 7.05 Å². The van der Waals surface area contributed by atoms with Crippen molar-refractivity contribution in [3.63, 3.8) is 0 Å². The summed E-state index contributed by atoms with van der Waals surface area (Å²) in [5.41, 5.74) is 18.1. The van der Waals surface area contributed by atoms with Crippen LogP contribution in [0, 0.1) is 0 Å². The van der Waals surface area contributed by atoms with Crippen molar-refractivity contribution < 1.29 is 19.2 Å². The lowest BCUT2D eigenvalue weighted by Crippen LogP contribution is -2.61. The van der Waals surface area contributed by atoms with E-state index < -0.39 is 47.9 Å². The Morgan fingerprint density at radius 1 is 0.923 bits per heavy atom. The molecule has 0 saturated heterocycles. The quantitative estimate of drug-likeness (QED) is 0.0955. The molecule has 0 bridgehead atoms. The number of rotatable bonds is 11. The molecule has 4 amide bonds. The van der Waals surface area contributed by atoms with Crippen LogP contribution < -0.4 is 49.5 Å². The highest BCUT2D eigenvalue weighted by molar-refractivity contribution is 5.92. The second-order valence-electron chi connectivity index (χ2n) is 5.48. The molecular formula is C13H29N9O4. The van der Waals surface area contributed by atoms with E-state index >= 15 is 0 Å². The zero-order valence-corrected chi connectivity index (χ0v) is 15.1. The summed E-state index contributed by atoms with van der Waals surface area (Å²) in [5.74, 6) is 2.83. The van der Waals surface area contributed by atoms with Gasteiger partial charge in [-0.3, -0.25) is 30.4 Å². The fourth-order valence-electron chi connectivity index (χ4n) is 1.68. The molecule has 13 heteroatoms. The lowest BCUT2D eigenvalue weighted by molar-refractivity contribution is -0.132. The minimum absolute atomic E-state index is 0.140. The highest BCUT2D eigenvalue weighted by Gasteiger charge is 2.25. The van der Waals surface area contributed by atoms with Crippen LogP contribution in [0.2, 0.25) is 0 Å². The number of carbonyl (C=O) groups is 4. The fraction of sp³-hybridized carbons (Fsp3) is 0.692. The van der Waals surface area contributed by atoms with E-state index in [1.165, 1.54) is 20.9 Å². The van der Waals surface area contributed by atoms with Crippen LogP contribution in [0.3, 0.4) is 0 Å². The Morgan fingerprint density at radius 2 is 1.54 bits per heavy atom. The summed E-state index contributed by atoms with van der Waals surface area (Å²) in [5, 5.41) is 7.00. The molecule has 0 aromatic heterocycles. The number of hydrogen-bond acceptors (Lipinski definition) is 9. The average Bonchev–Trinajstić information content (AvgIpc) is 2.62. The second kappa shape index (κ2) is 12.1. The van der Waals surface area contributed by atoms with E-state index in [2.05, 4.69) is 32.2 Å². The zero-order valence-electron chi connectivity index (χ0n) is 15.1. The minimum atomic E-state index is -1.39. The molecule has 0 aromatic carbocycles. The third-order valence-corrected chi connectivity index (χ3v) is 3.36. The summed E-state index contributed by atoms with van der Waals surface area (Å²) >= 11 is 0. The molecule has 0 heterocycles. The van der Waals surface area contributed by atoms with Crippen molar-refractivity contribution in [1.82, 2.24) is 32.2 Å². The number of hydrazine groups is 2. The molecule has 12 N–H and O–H groups in total. The molecule has 0 rings (SSSR count). The van der Waals surface area contributed by atoms with Crippen LogP contribution in [-0.2, 0) is 19.2 Å². The molecule has 4 atom stereocenters. The summed E-state index contributed by atoms with van der Waals surface area (Å²) in [6, 6.07) is -2.44. The maximum Gasteiger partial charge on any atom is 0.258 e. The van der Waals surface area contributed by atoms with Gasteiger partial charge in [0.25, 0.3) is 11.8 Å². The van der Waals surface area contributed by atoms with Crippen LogP contribution in [0.4, 0.5) is 0 Å². The first-order valence-corrected chi connectivity index (χ1v) is 7.97. The smallest absolute Gasteiger partial charge is 0.258 e. The van der Waals surface area contributed by atoms with E-state index in [0.29, 0.717) is 0 Å². The van der Waals surface area contributed by atoms with E-state index in [4.69, 9.17) is 17.3 Å². The molecule has 0 radical (unpaired) electrons. The van der Waals surface area contributed by atoms with Gasteiger partial charge in [-0.05, 0) is 26.8 Å². The molecule has 13 nitrogen and oxygen atoms in total. The van der Waals surface area contributed by atoms with Crippen LogP contribution in [0.25, 0.3) is 0 Å². The van der Waals surface area contributed by atoms with E-state index in [1.807, 2.05) is 0 Å². The first kappa shape index (κ1) is 23.7. The fourth-order valence-corrected chi connectivity index (χ4v) is 1.68. The zero-order chi connectivity index (χ0) is 20.3. The van der Waals surface area contributed by atoms with Gasteiger partial charge in [-0.25, -0.2) is 10.9 Å². The van der Waals surface area contributed by atoms with Gasteiger partial charge in [-0.2, -0.15) is 0 Å². The standard InChI is InChI=1S/C13H29N9O4/c1-6(10(23)17-3)18-13(26)9(15)19-12(25)8(4-5-14)21-22-11(24)7(2)20-16/h6-9,20-21H,4-5,14-16H2,1-3H3,(H,17,23)(H,18,26)(H,19,25)(H,22,24)/t6-,7-,8-,9-/m0/s1. The third-order valence-electron chi connectivity index (χ3n) is 3.36. The molecule has 0 fully saturated rings. The van der Waals surface area contributed by atoms with Crippen molar-refractivity contribution >= 4 is 23.6 Å². The Balaban J connectivity index is 4.66. The molecule has 0 aromatic rings. The predicted octanol–water partition coefficient (Wildman–Crippen LogP) is -5.17. The number of hydrogen-bond donors (Lipinski definition) is 9. The van der Waals surface area contributed by atoms with Crippen LogP contribution in [0.5, 0.6) is 0 Å². The van der Waals surface area contributed by atoms with Crippen LogP contribution in [0.15, 0.2) is 0 Å². The Labute approximate surface area is 151 Å². The summed E-state index contributed by atoms with van der Waals surface area (Å²) < 4.78 is 0. The van der Waals surface area contributed by atoms with E-state index in [9.17, 15) is 19.2 Å². The molecular weight excluding hydrogens is 346 g/mol. The first-order chi connectivity index (χ1) is 12.2. The summed E-state index contributed by atoms with van der Waals surface area (Å²) in [6.07, 6.45) is -1.23. The van der Waals surface area contributed by atoms with Crippen LogP contribution in [0.1, 0.15) is 20.3 Å². The number of carbonyl (C=O) groups excluding carboxylic acids is 4. The maximum absolute atomic E-state index is 12.2. The Morgan fingerprint density at radius 3 is 2.04 bits per heavy atom. The van der Waals surface area contributed by atoms with Gasteiger partial charge in [-0.1, -0.05) is 0 Å². The van der Waals surface area contributed by atoms with E-state index in [0.717, 1.165) is 0 Å². The molecule has 0 spiro atoms.